The fourth-order valence-electron chi connectivity index (χ4n) is 2.62. The molecule has 7 heteroatoms. The lowest BCUT2D eigenvalue weighted by Gasteiger charge is -2.34. The van der Waals surface area contributed by atoms with Gasteiger partial charge in [0.1, 0.15) is 11.9 Å². The van der Waals surface area contributed by atoms with Crippen molar-refractivity contribution in [2.75, 3.05) is 13.0 Å². The quantitative estimate of drug-likeness (QED) is 0.800. The van der Waals surface area contributed by atoms with Crippen molar-refractivity contribution in [1.29, 1.82) is 0 Å². The van der Waals surface area contributed by atoms with Crippen LogP contribution in [0.5, 0.6) is 0 Å². The summed E-state index contributed by atoms with van der Waals surface area (Å²) in [5.41, 5.74) is -0.133. The number of aromatic nitrogens is 3. The van der Waals surface area contributed by atoms with Crippen LogP contribution in [-0.2, 0) is 4.74 Å². The zero-order valence-corrected chi connectivity index (χ0v) is 14.1. The Morgan fingerprint density at radius 2 is 2.08 bits per heavy atom. The van der Waals surface area contributed by atoms with Crippen molar-refractivity contribution in [2.24, 2.45) is 0 Å². The van der Waals surface area contributed by atoms with Gasteiger partial charge in [-0.2, -0.15) is 5.10 Å². The van der Waals surface area contributed by atoms with E-state index in [1.165, 1.54) is 10.8 Å². The number of hydrogen-bond donors (Lipinski definition) is 0. The summed E-state index contributed by atoms with van der Waals surface area (Å²) < 4.78 is 54.4. The number of ether oxygens (including phenoxy) is 1. The molecule has 1 saturated heterocycles. The smallest absolute Gasteiger partial charge is 0.410 e. The zero-order valence-electron chi connectivity index (χ0n) is 18.1. The highest BCUT2D eigenvalue weighted by molar-refractivity contribution is 5.68. The number of carbonyl (C=O) groups is 1. The predicted octanol–water partition coefficient (Wildman–Crippen LogP) is 3.29. The monoisotopic (exact) mass is 338 g/mol. The minimum absolute atomic E-state index is 0.0541. The van der Waals surface area contributed by atoms with Crippen molar-refractivity contribution < 1.29 is 19.4 Å². The molecule has 130 valence electrons. The minimum atomic E-state index is -2.32. The third-order valence-electron chi connectivity index (χ3n) is 3.80. The molecule has 0 spiro atoms. The topological polar surface area (TPSA) is 59.7 Å². The van der Waals surface area contributed by atoms with E-state index < -0.39 is 36.4 Å². The first-order valence-corrected chi connectivity index (χ1v) is 7.74. The van der Waals surface area contributed by atoms with E-state index in [1.54, 1.807) is 33.9 Å². The highest BCUT2D eigenvalue weighted by Gasteiger charge is 2.29. The summed E-state index contributed by atoms with van der Waals surface area (Å²) in [6.45, 7) is 1.78. The molecule has 0 aromatic carbocycles. The summed E-state index contributed by atoms with van der Waals surface area (Å²) in [6, 6.07) is 0. The molecule has 0 aliphatic carbocycles. The lowest BCUT2D eigenvalue weighted by atomic mass is 9.88. The van der Waals surface area contributed by atoms with E-state index in [0.717, 1.165) is 0 Å². The van der Waals surface area contributed by atoms with Gasteiger partial charge in [0, 0.05) is 24.7 Å². The molecule has 0 radical (unpaired) electrons. The molecular formula is C17H23FN4O2. The number of carbonyl (C=O) groups excluding carboxylic acids is 1. The molecule has 3 heterocycles. The van der Waals surface area contributed by atoms with Gasteiger partial charge in [0.05, 0.1) is 0 Å². The van der Waals surface area contributed by atoms with E-state index in [0.29, 0.717) is 10.5 Å². The molecule has 24 heavy (non-hydrogen) atoms. The Morgan fingerprint density at radius 1 is 1.42 bits per heavy atom. The van der Waals surface area contributed by atoms with Crippen LogP contribution < -0.4 is 0 Å². The lowest BCUT2D eigenvalue weighted by Crippen LogP contribution is -2.41. The van der Waals surface area contributed by atoms with Gasteiger partial charge in [-0.05, 0) is 57.6 Å². The van der Waals surface area contributed by atoms with E-state index >= 15 is 0 Å². The Labute approximate surface area is 146 Å². The second kappa shape index (κ2) is 6.03. The molecule has 0 saturated carbocycles. The van der Waals surface area contributed by atoms with Crippen molar-refractivity contribution >= 4 is 11.7 Å². The second-order valence-electron chi connectivity index (χ2n) is 6.79. The summed E-state index contributed by atoms with van der Waals surface area (Å²) in [7, 11) is 0. The summed E-state index contributed by atoms with van der Waals surface area (Å²) in [5.74, 6) is -1.24. The van der Waals surface area contributed by atoms with Gasteiger partial charge < -0.3 is 9.64 Å². The molecule has 1 aliphatic heterocycles. The van der Waals surface area contributed by atoms with Gasteiger partial charge >= 0.3 is 6.09 Å². The van der Waals surface area contributed by atoms with Gasteiger partial charge in [0.15, 0.2) is 11.5 Å². The van der Waals surface area contributed by atoms with Crippen LogP contribution in [0, 0.1) is 12.7 Å². The molecule has 1 fully saturated rings. The van der Waals surface area contributed by atoms with Crippen LogP contribution >= 0.6 is 0 Å². The summed E-state index contributed by atoms with van der Waals surface area (Å²) >= 11 is 0. The van der Waals surface area contributed by atoms with E-state index in [1.807, 2.05) is 0 Å². The zero-order chi connectivity index (χ0) is 21.1. The highest BCUT2D eigenvalue weighted by Crippen LogP contribution is 2.32. The molecule has 1 aliphatic rings. The number of likely N-dealkylation sites (tertiary alicyclic amines) is 1. The maximum atomic E-state index is 14.6. The largest absolute Gasteiger partial charge is 0.444 e. The fraction of sp³-hybridized carbons (Fsp3) is 0.588. The van der Waals surface area contributed by atoms with Crippen molar-refractivity contribution in [2.45, 2.75) is 52.1 Å². The average molecular weight is 338 g/mol. The van der Waals surface area contributed by atoms with Crippen LogP contribution in [0.4, 0.5) is 9.18 Å². The predicted molar refractivity (Wildman–Crippen MR) is 87.5 cm³/mol. The molecule has 2 aromatic heterocycles. The van der Waals surface area contributed by atoms with Crippen LogP contribution in [0.25, 0.3) is 5.65 Å². The third-order valence-corrected chi connectivity index (χ3v) is 3.80. The Morgan fingerprint density at radius 3 is 2.71 bits per heavy atom. The maximum absolute atomic E-state index is 14.6. The number of hydrogen-bond acceptors (Lipinski definition) is 4. The van der Waals surface area contributed by atoms with Crippen LogP contribution in [0.2, 0.25) is 0 Å². The van der Waals surface area contributed by atoms with Crippen LogP contribution in [-0.4, -0.2) is 44.2 Å². The van der Waals surface area contributed by atoms with Gasteiger partial charge in [0.2, 0.25) is 0 Å². The van der Waals surface area contributed by atoms with Crippen molar-refractivity contribution in [3.8, 4) is 0 Å². The molecule has 0 N–H and O–H groups in total. The van der Waals surface area contributed by atoms with Gasteiger partial charge in [-0.1, -0.05) is 0 Å². The van der Waals surface area contributed by atoms with E-state index in [-0.39, 0.29) is 24.1 Å². The van der Waals surface area contributed by atoms with Gasteiger partial charge in [-0.25, -0.2) is 18.7 Å². The minimum Gasteiger partial charge on any atom is -0.444 e. The molecular weight excluding hydrogens is 311 g/mol. The molecule has 0 unspecified atom stereocenters. The highest BCUT2D eigenvalue weighted by atomic mass is 19.1. The number of amides is 1. The number of piperidine rings is 1. The Balaban J connectivity index is 1.99. The lowest BCUT2D eigenvalue weighted by molar-refractivity contribution is 0.0204. The number of halogens is 1. The normalized spacial score (nSPS) is 23.3. The van der Waals surface area contributed by atoms with Crippen molar-refractivity contribution in [1.82, 2.24) is 19.5 Å². The van der Waals surface area contributed by atoms with E-state index in [9.17, 15) is 9.18 Å². The molecule has 1 amide bonds. The standard InChI is InChI=1S/C17H23FN4O2/c1-11-13(9-22-15(14(11)18)19-10-20-22)12-5-7-21(8-6-12)16(23)24-17(2,3)4/h9-10,12H,5-8H2,1-4H3/i7D2,8D2. The van der Waals surface area contributed by atoms with Crippen molar-refractivity contribution in [3.63, 3.8) is 0 Å². The third kappa shape index (κ3) is 3.20. The van der Waals surface area contributed by atoms with Gasteiger partial charge in [-0.15, -0.1) is 0 Å². The molecule has 6 nitrogen and oxygen atoms in total. The number of nitrogens with zero attached hydrogens (tertiary/aromatic N) is 4. The maximum Gasteiger partial charge on any atom is 0.410 e. The number of pyridine rings is 1. The summed E-state index contributed by atoms with van der Waals surface area (Å²) in [6.07, 6.45) is 1.29. The molecule has 2 aromatic rings. The second-order valence-corrected chi connectivity index (χ2v) is 6.79. The molecule has 3 rings (SSSR count). The first-order valence-electron chi connectivity index (χ1n) is 9.74. The Kier molecular flexibility index (Phi) is 3.07. The first kappa shape index (κ1) is 12.2. The van der Waals surface area contributed by atoms with E-state index in [2.05, 4.69) is 10.1 Å². The van der Waals surface area contributed by atoms with Crippen molar-refractivity contribution in [3.05, 3.63) is 29.5 Å². The van der Waals surface area contributed by atoms with E-state index in [4.69, 9.17) is 10.2 Å². The van der Waals surface area contributed by atoms with Crippen LogP contribution in [0.3, 0.4) is 0 Å². The van der Waals surface area contributed by atoms with Gasteiger partial charge in [0.25, 0.3) is 0 Å². The average Bonchev–Trinajstić information content (AvgIpc) is 2.94. The summed E-state index contributed by atoms with van der Waals surface area (Å²) in [4.78, 5) is 16.9. The van der Waals surface area contributed by atoms with Gasteiger partial charge in [-0.3, -0.25) is 0 Å². The molecule has 0 bridgehead atoms. The Hall–Kier alpha value is -2.18. The SMILES string of the molecule is [2H]C1([2H])CC(c2cn3ncnc3c(F)c2C)CC([2H])([2H])N1C(=O)OC(C)(C)C. The number of fused-ring (bicyclic) bond motifs is 1. The Bertz CT molecular complexity index is 908. The fourth-order valence-corrected chi connectivity index (χ4v) is 2.62. The molecule has 0 atom stereocenters. The number of rotatable bonds is 1. The summed E-state index contributed by atoms with van der Waals surface area (Å²) in [5, 5.41) is 3.93. The first-order chi connectivity index (χ1) is 12.7. The van der Waals surface area contributed by atoms with Crippen LogP contribution in [0.15, 0.2) is 12.5 Å². The van der Waals surface area contributed by atoms with Crippen LogP contribution in [0.1, 0.15) is 56.1 Å².